The molecule has 2 aromatic rings. The van der Waals surface area contributed by atoms with Gasteiger partial charge in [0.2, 0.25) is 11.8 Å². The molecule has 5 nitrogen and oxygen atoms in total. The Morgan fingerprint density at radius 3 is 3.00 bits per heavy atom. The van der Waals surface area contributed by atoms with E-state index in [2.05, 4.69) is 38.1 Å². The Morgan fingerprint density at radius 1 is 1.32 bits per heavy atom. The monoisotopic (exact) mass is 365 g/mol. The van der Waals surface area contributed by atoms with Gasteiger partial charge in [-0.1, -0.05) is 22.0 Å². The van der Waals surface area contributed by atoms with Gasteiger partial charge >= 0.3 is 0 Å². The van der Waals surface area contributed by atoms with Gasteiger partial charge in [-0.05, 0) is 44.5 Å². The molecule has 1 fully saturated rings. The van der Waals surface area contributed by atoms with Crippen molar-refractivity contribution in [1.29, 1.82) is 0 Å². The van der Waals surface area contributed by atoms with Crippen LogP contribution in [0.1, 0.15) is 25.2 Å². The van der Waals surface area contributed by atoms with Crippen LogP contribution in [-0.4, -0.2) is 41.4 Å². The number of aromatic nitrogens is 2. The van der Waals surface area contributed by atoms with Gasteiger partial charge in [-0.15, -0.1) is 10.2 Å². The number of benzene rings is 1. The Bertz CT molecular complexity index is 611. The second kappa shape index (κ2) is 7.35. The fraction of sp³-hybridized carbons (Fsp3) is 0.500. The number of likely N-dealkylation sites (N-methyl/N-ethyl adjacent to an activating group) is 1. The zero-order chi connectivity index (χ0) is 15.4. The van der Waals surface area contributed by atoms with E-state index in [-0.39, 0.29) is 0 Å². The van der Waals surface area contributed by atoms with Crippen LogP contribution < -0.4 is 0 Å². The van der Waals surface area contributed by atoms with Crippen LogP contribution in [0.2, 0.25) is 0 Å². The van der Waals surface area contributed by atoms with Gasteiger partial charge in [-0.25, -0.2) is 0 Å². The number of rotatable bonds is 5. The van der Waals surface area contributed by atoms with Crippen LogP contribution in [0.4, 0.5) is 0 Å². The first-order valence-electron chi connectivity index (χ1n) is 7.59. The molecule has 0 N–H and O–H groups in total. The van der Waals surface area contributed by atoms with Gasteiger partial charge in [0.1, 0.15) is 0 Å². The van der Waals surface area contributed by atoms with Crippen LogP contribution in [-0.2, 0) is 11.3 Å². The van der Waals surface area contributed by atoms with Gasteiger partial charge in [0.15, 0.2) is 0 Å². The van der Waals surface area contributed by atoms with Crippen molar-refractivity contribution in [3.63, 3.8) is 0 Å². The zero-order valence-electron chi connectivity index (χ0n) is 12.7. The highest BCUT2D eigenvalue weighted by molar-refractivity contribution is 9.10. The molecule has 2 heterocycles. The van der Waals surface area contributed by atoms with E-state index >= 15 is 0 Å². The molecule has 0 spiro atoms. The molecular formula is C16H20BrN3O2. The summed E-state index contributed by atoms with van der Waals surface area (Å²) < 4.78 is 12.5. The van der Waals surface area contributed by atoms with Crippen molar-refractivity contribution in [2.24, 2.45) is 0 Å². The van der Waals surface area contributed by atoms with E-state index in [1.54, 1.807) is 0 Å². The first-order valence-corrected chi connectivity index (χ1v) is 8.38. The van der Waals surface area contributed by atoms with Crippen molar-refractivity contribution in [2.75, 3.05) is 20.2 Å². The fourth-order valence-electron chi connectivity index (χ4n) is 2.65. The molecule has 0 bridgehead atoms. The largest absolute Gasteiger partial charge is 0.419 e. The van der Waals surface area contributed by atoms with Gasteiger partial charge in [0.25, 0.3) is 0 Å². The molecule has 1 aromatic carbocycles. The van der Waals surface area contributed by atoms with Gasteiger partial charge in [-0.3, -0.25) is 4.90 Å². The molecule has 0 aliphatic carbocycles. The van der Waals surface area contributed by atoms with Crippen LogP contribution in [0.15, 0.2) is 33.2 Å². The molecule has 6 heteroatoms. The molecule has 0 radical (unpaired) electrons. The minimum Gasteiger partial charge on any atom is -0.419 e. The second-order valence-corrected chi connectivity index (χ2v) is 6.61. The molecule has 1 aliphatic rings. The maximum atomic E-state index is 5.76. The molecule has 1 aromatic heterocycles. The first kappa shape index (κ1) is 15.6. The van der Waals surface area contributed by atoms with E-state index in [0.29, 0.717) is 24.4 Å². The van der Waals surface area contributed by atoms with E-state index in [1.165, 1.54) is 12.8 Å². The lowest BCUT2D eigenvalue weighted by molar-refractivity contribution is -0.00358. The summed E-state index contributed by atoms with van der Waals surface area (Å²) in [4.78, 5) is 2.17. The summed E-state index contributed by atoms with van der Waals surface area (Å²) in [5.74, 6) is 1.19. The summed E-state index contributed by atoms with van der Waals surface area (Å²) in [5, 5.41) is 8.27. The molecule has 0 amide bonds. The molecule has 1 atom stereocenters. The van der Waals surface area contributed by atoms with Crippen LogP contribution in [0.25, 0.3) is 11.5 Å². The third-order valence-corrected chi connectivity index (χ3v) is 4.23. The summed E-state index contributed by atoms with van der Waals surface area (Å²) in [6.45, 7) is 2.42. The molecule has 1 unspecified atom stereocenters. The maximum absolute atomic E-state index is 5.76. The van der Waals surface area contributed by atoms with E-state index < -0.39 is 0 Å². The first-order chi connectivity index (χ1) is 10.7. The van der Waals surface area contributed by atoms with Crippen LogP contribution in [0.5, 0.6) is 0 Å². The molecule has 1 saturated heterocycles. The molecular weight excluding hydrogens is 346 g/mol. The molecule has 1 aliphatic heterocycles. The van der Waals surface area contributed by atoms with E-state index in [1.807, 2.05) is 24.3 Å². The quantitative estimate of drug-likeness (QED) is 0.811. The Morgan fingerprint density at radius 2 is 2.23 bits per heavy atom. The standard InChI is InChI=1S/C16H20BrN3O2/c1-20(10-14-7-2-3-8-21-14)11-15-18-19-16(22-15)12-5-4-6-13(17)9-12/h4-6,9,14H,2-3,7-8,10-11H2,1H3. The number of hydrogen-bond donors (Lipinski definition) is 0. The van der Waals surface area contributed by atoms with Crippen LogP contribution in [0.3, 0.4) is 0 Å². The van der Waals surface area contributed by atoms with Crippen molar-refractivity contribution in [3.05, 3.63) is 34.6 Å². The lowest BCUT2D eigenvalue weighted by Gasteiger charge is -2.26. The SMILES string of the molecule is CN(Cc1nnc(-c2cccc(Br)c2)o1)CC1CCCCO1. The lowest BCUT2D eigenvalue weighted by Crippen LogP contribution is -2.33. The Kier molecular flexibility index (Phi) is 5.23. The van der Waals surface area contributed by atoms with Crippen LogP contribution >= 0.6 is 15.9 Å². The number of nitrogens with zero attached hydrogens (tertiary/aromatic N) is 3. The van der Waals surface area contributed by atoms with Gasteiger partial charge in [0, 0.05) is 23.2 Å². The zero-order valence-corrected chi connectivity index (χ0v) is 14.3. The predicted octanol–water partition coefficient (Wildman–Crippen LogP) is 3.50. The summed E-state index contributed by atoms with van der Waals surface area (Å²) in [5.41, 5.74) is 0.923. The summed E-state index contributed by atoms with van der Waals surface area (Å²) in [6.07, 6.45) is 3.90. The third kappa shape index (κ3) is 4.15. The Balaban J connectivity index is 1.59. The lowest BCUT2D eigenvalue weighted by atomic mass is 10.1. The second-order valence-electron chi connectivity index (χ2n) is 5.70. The van der Waals surface area contributed by atoms with Gasteiger partial charge in [0.05, 0.1) is 12.6 Å². The maximum Gasteiger partial charge on any atom is 0.247 e. The van der Waals surface area contributed by atoms with E-state index in [4.69, 9.17) is 9.15 Å². The topological polar surface area (TPSA) is 51.4 Å². The van der Waals surface area contributed by atoms with E-state index in [0.717, 1.165) is 29.6 Å². The number of ether oxygens (including phenoxy) is 1. The highest BCUT2D eigenvalue weighted by Crippen LogP contribution is 2.22. The summed E-state index contributed by atoms with van der Waals surface area (Å²) >= 11 is 3.45. The molecule has 22 heavy (non-hydrogen) atoms. The number of halogens is 1. The normalized spacial score (nSPS) is 18.8. The highest BCUT2D eigenvalue weighted by Gasteiger charge is 2.17. The molecule has 3 rings (SSSR count). The minimum absolute atomic E-state index is 0.325. The Hall–Kier alpha value is -1.24. The van der Waals surface area contributed by atoms with Gasteiger partial charge in [-0.2, -0.15) is 0 Å². The van der Waals surface area contributed by atoms with Crippen molar-refractivity contribution < 1.29 is 9.15 Å². The summed E-state index contributed by atoms with van der Waals surface area (Å²) in [6, 6.07) is 7.85. The van der Waals surface area contributed by atoms with E-state index in [9.17, 15) is 0 Å². The number of hydrogen-bond acceptors (Lipinski definition) is 5. The van der Waals surface area contributed by atoms with Crippen molar-refractivity contribution in [3.8, 4) is 11.5 Å². The van der Waals surface area contributed by atoms with Crippen molar-refractivity contribution in [1.82, 2.24) is 15.1 Å². The fourth-order valence-corrected chi connectivity index (χ4v) is 3.05. The third-order valence-electron chi connectivity index (χ3n) is 3.73. The van der Waals surface area contributed by atoms with Crippen molar-refractivity contribution in [2.45, 2.75) is 31.9 Å². The average molecular weight is 366 g/mol. The predicted molar refractivity (Wildman–Crippen MR) is 87.4 cm³/mol. The highest BCUT2D eigenvalue weighted by atomic mass is 79.9. The van der Waals surface area contributed by atoms with Crippen LogP contribution in [0, 0.1) is 0 Å². The van der Waals surface area contributed by atoms with Gasteiger partial charge < -0.3 is 9.15 Å². The molecule has 0 saturated carbocycles. The smallest absolute Gasteiger partial charge is 0.247 e. The Labute approximate surface area is 138 Å². The molecule has 118 valence electrons. The minimum atomic E-state index is 0.325. The average Bonchev–Trinajstić information content (AvgIpc) is 2.96. The van der Waals surface area contributed by atoms with Crippen molar-refractivity contribution >= 4 is 15.9 Å². The summed E-state index contributed by atoms with van der Waals surface area (Å²) in [7, 11) is 2.06.